The molecule has 1 fully saturated rings. The molecule has 7 heteroatoms. The van der Waals surface area contributed by atoms with Crippen LogP contribution in [0.1, 0.15) is 23.2 Å². The maximum Gasteiger partial charge on any atom is 0.251 e. The van der Waals surface area contributed by atoms with E-state index in [4.69, 9.17) is 16.3 Å². The summed E-state index contributed by atoms with van der Waals surface area (Å²) in [5, 5.41) is 7.93. The maximum atomic E-state index is 12.3. The Morgan fingerprint density at radius 2 is 2.12 bits per heavy atom. The smallest absolute Gasteiger partial charge is 0.251 e. The first-order valence-corrected chi connectivity index (χ1v) is 8.67. The number of carbonyl (C=O) groups is 1. The molecule has 2 heterocycles. The van der Waals surface area contributed by atoms with Crippen LogP contribution in [0.3, 0.4) is 0 Å². The summed E-state index contributed by atoms with van der Waals surface area (Å²) in [4.78, 5) is 16.4. The Kier molecular flexibility index (Phi) is 4.34. The molecule has 0 radical (unpaired) electrons. The van der Waals surface area contributed by atoms with Crippen molar-refractivity contribution >= 4 is 17.5 Å². The fraction of sp³-hybridized carbons (Fsp3) is 0.211. The number of nitrogens with one attached hydrogen (secondary N) is 1. The molecule has 1 aromatic carbocycles. The number of halogens is 1. The summed E-state index contributed by atoms with van der Waals surface area (Å²) in [5.74, 6) is 0.575. The van der Waals surface area contributed by atoms with Crippen molar-refractivity contribution in [2.75, 3.05) is 7.11 Å². The van der Waals surface area contributed by atoms with Crippen LogP contribution < -0.4 is 10.1 Å². The fourth-order valence-corrected chi connectivity index (χ4v) is 2.86. The first-order valence-electron chi connectivity index (χ1n) is 8.29. The first-order chi connectivity index (χ1) is 12.6. The van der Waals surface area contributed by atoms with Gasteiger partial charge in [0, 0.05) is 40.0 Å². The van der Waals surface area contributed by atoms with E-state index < -0.39 is 0 Å². The van der Waals surface area contributed by atoms with Gasteiger partial charge in [-0.2, -0.15) is 5.10 Å². The van der Waals surface area contributed by atoms with Gasteiger partial charge in [0.15, 0.2) is 0 Å². The molecule has 0 atom stereocenters. The molecule has 1 aliphatic rings. The summed E-state index contributed by atoms with van der Waals surface area (Å²) in [6.45, 7) is 0. The van der Waals surface area contributed by atoms with Gasteiger partial charge in [-0.1, -0.05) is 11.6 Å². The lowest BCUT2D eigenvalue weighted by Crippen LogP contribution is -2.25. The van der Waals surface area contributed by atoms with Crippen LogP contribution in [-0.2, 0) is 0 Å². The largest absolute Gasteiger partial charge is 0.495 e. The minimum absolute atomic E-state index is 0.0743. The molecular weight excluding hydrogens is 352 g/mol. The summed E-state index contributed by atoms with van der Waals surface area (Å²) in [7, 11) is 1.59. The number of hydrogen-bond donors (Lipinski definition) is 1. The highest BCUT2D eigenvalue weighted by Gasteiger charge is 2.24. The average molecular weight is 369 g/mol. The van der Waals surface area contributed by atoms with E-state index in [0.29, 0.717) is 22.4 Å². The number of benzene rings is 1. The van der Waals surface area contributed by atoms with Crippen molar-refractivity contribution in [3.8, 4) is 22.6 Å². The van der Waals surface area contributed by atoms with Gasteiger partial charge in [-0.3, -0.25) is 9.78 Å². The molecule has 4 rings (SSSR count). The molecule has 1 aliphatic carbocycles. The third-order valence-corrected chi connectivity index (χ3v) is 4.56. The second kappa shape index (κ2) is 6.80. The van der Waals surface area contributed by atoms with E-state index in [9.17, 15) is 4.79 Å². The lowest BCUT2D eigenvalue weighted by atomic mass is 10.1. The summed E-state index contributed by atoms with van der Waals surface area (Å²) in [5.41, 5.74) is 2.94. The minimum Gasteiger partial charge on any atom is -0.495 e. The lowest BCUT2D eigenvalue weighted by Gasteiger charge is -2.07. The predicted molar refractivity (Wildman–Crippen MR) is 98.8 cm³/mol. The predicted octanol–water partition coefficient (Wildman–Crippen LogP) is 3.49. The average Bonchev–Trinajstić information content (AvgIpc) is 3.34. The summed E-state index contributed by atoms with van der Waals surface area (Å²) in [6.07, 6.45) is 8.98. The summed E-state index contributed by atoms with van der Waals surface area (Å²) >= 11 is 6.36. The van der Waals surface area contributed by atoms with Crippen LogP contribution in [0, 0.1) is 0 Å². The molecule has 0 unspecified atom stereocenters. The first kappa shape index (κ1) is 16.6. The second-order valence-corrected chi connectivity index (χ2v) is 6.61. The molecule has 6 nitrogen and oxygen atoms in total. The van der Waals surface area contributed by atoms with Crippen molar-refractivity contribution in [1.82, 2.24) is 20.1 Å². The standard InChI is InChI=1S/C19H17ClN4O2/c1-26-16-7-15(9-21-10-16)24-11-13(8-22-24)17-6-12(2-5-18(17)20)19(25)23-14-3-4-14/h2,5-11,14H,3-4H2,1H3,(H,23,25). The summed E-state index contributed by atoms with van der Waals surface area (Å²) < 4.78 is 6.89. The van der Waals surface area contributed by atoms with Gasteiger partial charge in [0.1, 0.15) is 5.75 Å². The van der Waals surface area contributed by atoms with E-state index in [2.05, 4.69) is 15.4 Å². The van der Waals surface area contributed by atoms with Gasteiger partial charge in [-0.15, -0.1) is 0 Å². The second-order valence-electron chi connectivity index (χ2n) is 6.20. The quantitative estimate of drug-likeness (QED) is 0.748. The highest BCUT2D eigenvalue weighted by Crippen LogP contribution is 2.30. The molecule has 2 aromatic heterocycles. The highest BCUT2D eigenvalue weighted by atomic mass is 35.5. The molecule has 0 spiro atoms. The van der Waals surface area contributed by atoms with Crippen LogP contribution in [-0.4, -0.2) is 33.8 Å². The Morgan fingerprint density at radius 1 is 1.27 bits per heavy atom. The molecule has 0 bridgehead atoms. The van der Waals surface area contributed by atoms with Crippen molar-refractivity contribution < 1.29 is 9.53 Å². The van der Waals surface area contributed by atoms with E-state index in [1.165, 1.54) is 0 Å². The Morgan fingerprint density at radius 3 is 2.88 bits per heavy atom. The number of ether oxygens (including phenoxy) is 1. The Balaban J connectivity index is 1.65. The molecule has 1 N–H and O–H groups in total. The molecule has 0 aliphatic heterocycles. The van der Waals surface area contributed by atoms with Crippen molar-refractivity contribution in [1.29, 1.82) is 0 Å². The van der Waals surface area contributed by atoms with E-state index in [0.717, 1.165) is 29.7 Å². The Labute approximate surface area is 155 Å². The molecular formula is C19H17ClN4O2. The molecule has 1 saturated carbocycles. The topological polar surface area (TPSA) is 69.0 Å². The van der Waals surface area contributed by atoms with Gasteiger partial charge >= 0.3 is 0 Å². The number of hydrogen-bond acceptors (Lipinski definition) is 4. The molecule has 26 heavy (non-hydrogen) atoms. The van der Waals surface area contributed by atoms with Gasteiger partial charge in [0.05, 0.1) is 31.4 Å². The minimum atomic E-state index is -0.0743. The van der Waals surface area contributed by atoms with Gasteiger partial charge in [0.2, 0.25) is 0 Å². The number of amides is 1. The molecule has 1 amide bonds. The third kappa shape index (κ3) is 3.41. The molecule has 0 saturated heterocycles. The zero-order valence-corrected chi connectivity index (χ0v) is 14.9. The highest BCUT2D eigenvalue weighted by molar-refractivity contribution is 6.33. The third-order valence-electron chi connectivity index (χ3n) is 4.23. The van der Waals surface area contributed by atoms with Crippen molar-refractivity contribution in [2.24, 2.45) is 0 Å². The number of aromatic nitrogens is 3. The van der Waals surface area contributed by atoms with Gasteiger partial charge in [-0.25, -0.2) is 4.68 Å². The zero-order chi connectivity index (χ0) is 18.1. The van der Waals surface area contributed by atoms with Crippen molar-refractivity contribution in [3.05, 3.63) is 59.6 Å². The van der Waals surface area contributed by atoms with Crippen LogP contribution in [0.4, 0.5) is 0 Å². The Bertz CT molecular complexity index is 966. The van der Waals surface area contributed by atoms with E-state index in [1.54, 1.807) is 48.6 Å². The van der Waals surface area contributed by atoms with E-state index in [-0.39, 0.29) is 5.91 Å². The maximum absolute atomic E-state index is 12.3. The van der Waals surface area contributed by atoms with Crippen LogP contribution in [0.15, 0.2) is 49.1 Å². The number of nitrogens with zero attached hydrogens (tertiary/aromatic N) is 3. The van der Waals surface area contributed by atoms with Crippen LogP contribution >= 0.6 is 11.6 Å². The fourth-order valence-electron chi connectivity index (χ4n) is 2.63. The van der Waals surface area contributed by atoms with Crippen LogP contribution in [0.2, 0.25) is 5.02 Å². The van der Waals surface area contributed by atoms with Gasteiger partial charge < -0.3 is 10.1 Å². The number of rotatable bonds is 5. The molecule has 132 valence electrons. The van der Waals surface area contributed by atoms with Crippen LogP contribution in [0.5, 0.6) is 5.75 Å². The molecule has 3 aromatic rings. The lowest BCUT2D eigenvalue weighted by molar-refractivity contribution is 0.0951. The van der Waals surface area contributed by atoms with Gasteiger partial charge in [-0.05, 0) is 31.0 Å². The SMILES string of the molecule is COc1cncc(-n2cc(-c3cc(C(=O)NC4CC4)ccc3Cl)cn2)c1. The number of carbonyl (C=O) groups excluding carboxylic acids is 1. The number of pyridine rings is 1. The zero-order valence-electron chi connectivity index (χ0n) is 14.1. The van der Waals surface area contributed by atoms with E-state index >= 15 is 0 Å². The summed E-state index contributed by atoms with van der Waals surface area (Å²) in [6, 6.07) is 7.42. The van der Waals surface area contributed by atoms with E-state index in [1.807, 2.05) is 12.3 Å². The monoisotopic (exact) mass is 368 g/mol. The van der Waals surface area contributed by atoms with Crippen molar-refractivity contribution in [3.63, 3.8) is 0 Å². The normalized spacial score (nSPS) is 13.5. The van der Waals surface area contributed by atoms with Crippen LogP contribution in [0.25, 0.3) is 16.8 Å². The van der Waals surface area contributed by atoms with Crippen molar-refractivity contribution in [2.45, 2.75) is 18.9 Å². The number of methoxy groups -OCH3 is 1. The Hall–Kier alpha value is -2.86. The van der Waals surface area contributed by atoms with Gasteiger partial charge in [0.25, 0.3) is 5.91 Å².